The number of rotatable bonds is 6. The van der Waals surface area contributed by atoms with Crippen LogP contribution in [0.15, 0.2) is 17.5 Å². The van der Waals surface area contributed by atoms with Gasteiger partial charge in [-0.05, 0) is 80.3 Å². The minimum absolute atomic E-state index is 0.0474. The standard InChI is InChI=1S/C23H34N4O5S/c1-16-13-19(21(29)26-8-3-18(15-28)4-9-26)14-17(2)20(16)5-12-33(31,32)27-10-6-23(25,7-11-27)22(24)30/h5,12-14,18,28H,3-4,6-11,15,25H2,1-2H3,(H2,24,30). The van der Waals surface area contributed by atoms with E-state index >= 15 is 0 Å². The highest BCUT2D eigenvalue weighted by molar-refractivity contribution is 7.92. The van der Waals surface area contributed by atoms with E-state index in [-0.39, 0.29) is 44.4 Å². The average Bonchev–Trinajstić information content (AvgIpc) is 2.78. The first kappa shape index (κ1) is 25.4. The molecule has 0 bridgehead atoms. The van der Waals surface area contributed by atoms with Gasteiger partial charge in [0.2, 0.25) is 15.9 Å². The van der Waals surface area contributed by atoms with Crippen molar-refractivity contribution in [1.82, 2.24) is 9.21 Å². The molecule has 1 aromatic rings. The predicted molar refractivity (Wildman–Crippen MR) is 127 cm³/mol. The van der Waals surface area contributed by atoms with Gasteiger partial charge in [-0.15, -0.1) is 0 Å². The molecule has 0 unspecified atom stereocenters. The van der Waals surface area contributed by atoms with Gasteiger partial charge >= 0.3 is 0 Å². The van der Waals surface area contributed by atoms with Crippen LogP contribution < -0.4 is 11.5 Å². The Bertz CT molecular complexity index is 1010. The molecule has 0 aliphatic carbocycles. The maximum absolute atomic E-state index is 12.9. The highest BCUT2D eigenvalue weighted by Crippen LogP contribution is 2.25. The Morgan fingerprint density at radius 1 is 1.12 bits per heavy atom. The Morgan fingerprint density at radius 3 is 2.15 bits per heavy atom. The molecular weight excluding hydrogens is 444 g/mol. The van der Waals surface area contributed by atoms with E-state index in [1.54, 1.807) is 23.1 Å². The molecule has 3 rings (SSSR count). The second kappa shape index (κ2) is 9.92. The molecule has 0 atom stereocenters. The number of sulfonamides is 1. The van der Waals surface area contributed by atoms with E-state index in [0.717, 1.165) is 34.9 Å². The summed E-state index contributed by atoms with van der Waals surface area (Å²) in [5.41, 5.74) is 13.1. The number of nitrogens with zero attached hydrogens (tertiary/aromatic N) is 2. The second-order valence-corrected chi connectivity index (χ2v) is 11.0. The third kappa shape index (κ3) is 5.63. The van der Waals surface area contributed by atoms with Crippen LogP contribution in [0.5, 0.6) is 0 Å². The van der Waals surface area contributed by atoms with E-state index in [4.69, 9.17) is 11.5 Å². The summed E-state index contributed by atoms with van der Waals surface area (Å²) in [4.78, 5) is 26.2. The maximum atomic E-state index is 12.9. The first-order chi connectivity index (χ1) is 15.5. The lowest BCUT2D eigenvalue weighted by molar-refractivity contribution is -0.124. The predicted octanol–water partition coefficient (Wildman–Crippen LogP) is 0.727. The van der Waals surface area contributed by atoms with Gasteiger partial charge in [-0.1, -0.05) is 0 Å². The first-order valence-electron chi connectivity index (χ1n) is 11.3. The zero-order chi connectivity index (χ0) is 24.4. The lowest BCUT2D eigenvalue weighted by atomic mass is 9.89. The summed E-state index contributed by atoms with van der Waals surface area (Å²) < 4.78 is 26.9. The van der Waals surface area contributed by atoms with E-state index in [9.17, 15) is 23.1 Å². The number of carbonyl (C=O) groups excluding carboxylic acids is 2. The van der Waals surface area contributed by atoms with Gasteiger partial charge in [0.15, 0.2) is 0 Å². The van der Waals surface area contributed by atoms with Crippen LogP contribution in [0.4, 0.5) is 0 Å². The molecule has 5 N–H and O–H groups in total. The molecule has 0 saturated carbocycles. The molecule has 2 amide bonds. The summed E-state index contributed by atoms with van der Waals surface area (Å²) in [6.07, 6.45) is 3.50. The number of aryl methyl sites for hydroxylation is 2. The molecule has 0 radical (unpaired) electrons. The lowest BCUT2D eigenvalue weighted by Crippen LogP contribution is -2.58. The van der Waals surface area contributed by atoms with Crippen molar-refractivity contribution in [3.8, 4) is 0 Å². The molecule has 2 saturated heterocycles. The number of aliphatic hydroxyl groups is 1. The zero-order valence-electron chi connectivity index (χ0n) is 19.3. The van der Waals surface area contributed by atoms with Gasteiger partial charge < -0.3 is 21.5 Å². The van der Waals surface area contributed by atoms with Crippen molar-refractivity contribution in [2.24, 2.45) is 17.4 Å². The van der Waals surface area contributed by atoms with Gasteiger partial charge in [0, 0.05) is 43.8 Å². The number of carbonyl (C=O) groups is 2. The van der Waals surface area contributed by atoms with Crippen LogP contribution in [0.2, 0.25) is 0 Å². The van der Waals surface area contributed by atoms with E-state index in [1.807, 2.05) is 13.8 Å². The Hall–Kier alpha value is -2.27. The van der Waals surface area contributed by atoms with Crippen molar-refractivity contribution in [1.29, 1.82) is 0 Å². The van der Waals surface area contributed by atoms with E-state index in [1.165, 1.54) is 4.31 Å². The van der Waals surface area contributed by atoms with Crippen LogP contribution in [0.1, 0.15) is 52.7 Å². The number of aliphatic hydroxyl groups excluding tert-OH is 1. The Morgan fingerprint density at radius 2 is 1.67 bits per heavy atom. The minimum Gasteiger partial charge on any atom is -0.396 e. The van der Waals surface area contributed by atoms with Crippen molar-refractivity contribution < 1.29 is 23.1 Å². The van der Waals surface area contributed by atoms with Crippen molar-refractivity contribution in [2.75, 3.05) is 32.8 Å². The van der Waals surface area contributed by atoms with E-state index < -0.39 is 21.5 Å². The molecule has 182 valence electrons. The highest BCUT2D eigenvalue weighted by atomic mass is 32.2. The third-order valence-electron chi connectivity index (χ3n) is 6.87. The normalized spacial score (nSPS) is 20.3. The number of hydrogen-bond donors (Lipinski definition) is 3. The SMILES string of the molecule is Cc1cc(C(=O)N2CCC(CO)CC2)cc(C)c1C=CS(=O)(=O)N1CCC(N)(C(N)=O)CC1. The van der Waals surface area contributed by atoms with E-state index in [0.29, 0.717) is 18.7 Å². The fourth-order valence-electron chi connectivity index (χ4n) is 4.49. The first-order valence-corrected chi connectivity index (χ1v) is 12.8. The number of primary amides is 1. The molecule has 1 aromatic carbocycles. The summed E-state index contributed by atoms with van der Waals surface area (Å²) in [5, 5.41) is 10.5. The monoisotopic (exact) mass is 478 g/mol. The van der Waals surface area contributed by atoms with Crippen LogP contribution in [-0.4, -0.2) is 72.9 Å². The molecule has 33 heavy (non-hydrogen) atoms. The summed E-state index contributed by atoms with van der Waals surface area (Å²) in [6, 6.07) is 3.58. The molecule has 2 heterocycles. The minimum atomic E-state index is -3.69. The molecule has 9 nitrogen and oxygen atoms in total. The number of amides is 2. The van der Waals surface area contributed by atoms with Gasteiger partial charge in [-0.2, -0.15) is 4.31 Å². The van der Waals surface area contributed by atoms with Gasteiger partial charge in [-0.25, -0.2) is 8.42 Å². The van der Waals surface area contributed by atoms with Crippen molar-refractivity contribution in [3.05, 3.63) is 39.8 Å². The fraction of sp³-hybridized carbons (Fsp3) is 0.565. The smallest absolute Gasteiger partial charge is 0.253 e. The van der Waals surface area contributed by atoms with Gasteiger partial charge in [0.25, 0.3) is 5.91 Å². The molecule has 2 aliphatic heterocycles. The summed E-state index contributed by atoms with van der Waals surface area (Å²) in [7, 11) is -3.69. The van der Waals surface area contributed by atoms with Crippen LogP contribution in [0.3, 0.4) is 0 Å². The summed E-state index contributed by atoms with van der Waals surface area (Å²) in [5.74, 6) is -0.411. The van der Waals surface area contributed by atoms with Crippen molar-refractivity contribution >= 4 is 27.9 Å². The lowest BCUT2D eigenvalue weighted by Gasteiger charge is -2.35. The number of likely N-dealkylation sites (tertiary alicyclic amines) is 1. The molecule has 2 fully saturated rings. The van der Waals surface area contributed by atoms with E-state index in [2.05, 4.69) is 0 Å². The number of piperidine rings is 2. The Kier molecular flexibility index (Phi) is 7.62. The van der Waals surface area contributed by atoms with Crippen LogP contribution >= 0.6 is 0 Å². The quantitative estimate of drug-likeness (QED) is 0.549. The highest BCUT2D eigenvalue weighted by Gasteiger charge is 2.38. The van der Waals surface area contributed by atoms with Gasteiger partial charge in [0.05, 0.1) is 5.54 Å². The van der Waals surface area contributed by atoms with Crippen LogP contribution in [-0.2, 0) is 14.8 Å². The topological polar surface area (TPSA) is 147 Å². The number of benzene rings is 1. The fourth-order valence-corrected chi connectivity index (χ4v) is 5.66. The molecule has 0 aromatic heterocycles. The Balaban J connectivity index is 1.71. The number of hydrogen-bond acceptors (Lipinski definition) is 6. The van der Waals surface area contributed by atoms with Gasteiger partial charge in [-0.3, -0.25) is 9.59 Å². The number of nitrogens with two attached hydrogens (primary N) is 2. The zero-order valence-corrected chi connectivity index (χ0v) is 20.1. The third-order valence-corrected chi connectivity index (χ3v) is 8.44. The molecule has 10 heteroatoms. The van der Waals surface area contributed by atoms with Crippen molar-refractivity contribution in [2.45, 2.75) is 45.1 Å². The van der Waals surface area contributed by atoms with Crippen LogP contribution in [0, 0.1) is 19.8 Å². The molecule has 0 spiro atoms. The molecule has 2 aliphatic rings. The summed E-state index contributed by atoms with van der Waals surface area (Å²) in [6.45, 7) is 5.36. The average molecular weight is 479 g/mol. The summed E-state index contributed by atoms with van der Waals surface area (Å²) >= 11 is 0. The molecular formula is C23H34N4O5S. The van der Waals surface area contributed by atoms with Gasteiger partial charge in [0.1, 0.15) is 0 Å². The second-order valence-electron chi connectivity index (χ2n) is 9.21. The largest absolute Gasteiger partial charge is 0.396 e. The van der Waals surface area contributed by atoms with Crippen molar-refractivity contribution in [3.63, 3.8) is 0 Å². The van der Waals surface area contributed by atoms with Crippen LogP contribution in [0.25, 0.3) is 6.08 Å². The Labute approximate surface area is 195 Å². The maximum Gasteiger partial charge on any atom is 0.253 e.